The number of halogens is 1. The van der Waals surface area contributed by atoms with E-state index in [1.807, 2.05) is 25.2 Å². The molecule has 0 fully saturated rings. The van der Waals surface area contributed by atoms with Gasteiger partial charge in [0.1, 0.15) is 6.17 Å². The Labute approximate surface area is 112 Å². The van der Waals surface area contributed by atoms with E-state index in [-0.39, 0.29) is 0 Å². The van der Waals surface area contributed by atoms with Gasteiger partial charge in [-0.2, -0.15) is 5.10 Å². The van der Waals surface area contributed by atoms with Crippen LogP contribution in [-0.4, -0.2) is 16.3 Å². The average molecular weight is 259 g/mol. The SMILES string of the molecule is Cn1nccc1CCC(F)c1cccc2c1NCC2. The zero-order chi connectivity index (χ0) is 13.2. The number of aryl methyl sites for hydroxylation is 2. The Morgan fingerprint density at radius 1 is 1.42 bits per heavy atom. The second kappa shape index (κ2) is 5.03. The Morgan fingerprint density at radius 2 is 2.32 bits per heavy atom. The number of anilines is 1. The largest absolute Gasteiger partial charge is 0.384 e. The Morgan fingerprint density at radius 3 is 3.11 bits per heavy atom. The number of fused-ring (bicyclic) bond motifs is 1. The molecular formula is C15H18FN3. The number of nitrogens with zero attached hydrogens (tertiary/aromatic N) is 2. The third kappa shape index (κ3) is 2.35. The fraction of sp³-hybridized carbons (Fsp3) is 0.400. The lowest BCUT2D eigenvalue weighted by molar-refractivity contribution is 0.322. The summed E-state index contributed by atoms with van der Waals surface area (Å²) in [6.07, 6.45) is 3.04. The van der Waals surface area contributed by atoms with E-state index >= 15 is 0 Å². The summed E-state index contributed by atoms with van der Waals surface area (Å²) in [5.41, 5.74) is 4.13. The summed E-state index contributed by atoms with van der Waals surface area (Å²) in [6.45, 7) is 0.917. The molecule has 1 aliphatic heterocycles. The number of para-hydroxylation sites is 1. The molecular weight excluding hydrogens is 241 g/mol. The predicted molar refractivity (Wildman–Crippen MR) is 74.0 cm³/mol. The minimum absolute atomic E-state index is 0.498. The van der Waals surface area contributed by atoms with Crippen LogP contribution in [0.4, 0.5) is 10.1 Å². The standard InChI is InChI=1S/C15H18FN3/c1-19-12(8-10-18-19)5-6-14(16)13-4-2-3-11-7-9-17-15(11)13/h2-4,8,10,14,17H,5-7,9H2,1H3. The van der Waals surface area contributed by atoms with Crippen molar-refractivity contribution in [2.24, 2.45) is 7.05 Å². The molecule has 3 rings (SSSR count). The van der Waals surface area contributed by atoms with Gasteiger partial charge in [0.05, 0.1) is 0 Å². The summed E-state index contributed by atoms with van der Waals surface area (Å²) in [6, 6.07) is 7.87. The molecule has 0 bridgehead atoms. The van der Waals surface area contributed by atoms with Gasteiger partial charge in [0.25, 0.3) is 0 Å². The smallest absolute Gasteiger partial charge is 0.127 e. The number of alkyl halides is 1. The number of nitrogens with one attached hydrogen (secondary N) is 1. The molecule has 1 unspecified atom stereocenters. The molecule has 1 atom stereocenters. The van der Waals surface area contributed by atoms with Crippen LogP contribution in [0, 0.1) is 0 Å². The molecule has 2 heterocycles. The summed E-state index contributed by atoms with van der Waals surface area (Å²) >= 11 is 0. The van der Waals surface area contributed by atoms with Gasteiger partial charge in [-0.3, -0.25) is 4.68 Å². The molecule has 100 valence electrons. The van der Waals surface area contributed by atoms with Crippen molar-refractivity contribution in [2.45, 2.75) is 25.4 Å². The fourth-order valence-corrected chi connectivity index (χ4v) is 2.70. The summed E-state index contributed by atoms with van der Waals surface area (Å²) in [5.74, 6) is 0. The highest BCUT2D eigenvalue weighted by Crippen LogP contribution is 2.34. The van der Waals surface area contributed by atoms with Crippen LogP contribution in [0.5, 0.6) is 0 Å². The molecule has 1 aromatic carbocycles. The molecule has 1 N–H and O–H groups in total. The quantitative estimate of drug-likeness (QED) is 0.914. The Hall–Kier alpha value is -1.84. The Balaban J connectivity index is 1.73. The molecule has 1 aliphatic rings. The van der Waals surface area contributed by atoms with Gasteiger partial charge in [0, 0.05) is 36.7 Å². The van der Waals surface area contributed by atoms with Crippen molar-refractivity contribution in [2.75, 3.05) is 11.9 Å². The molecule has 0 aliphatic carbocycles. The van der Waals surface area contributed by atoms with E-state index in [2.05, 4.69) is 16.5 Å². The Bertz CT molecular complexity index is 577. The minimum Gasteiger partial charge on any atom is -0.384 e. The average Bonchev–Trinajstić information content (AvgIpc) is 3.04. The van der Waals surface area contributed by atoms with Crippen molar-refractivity contribution >= 4 is 5.69 Å². The van der Waals surface area contributed by atoms with Crippen molar-refractivity contribution in [1.29, 1.82) is 0 Å². The highest BCUT2D eigenvalue weighted by atomic mass is 19.1. The number of hydrogen-bond donors (Lipinski definition) is 1. The summed E-state index contributed by atoms with van der Waals surface area (Å²) in [4.78, 5) is 0. The third-order valence-corrected chi connectivity index (χ3v) is 3.79. The number of rotatable bonds is 4. The Kier molecular flexibility index (Phi) is 3.23. The molecule has 4 heteroatoms. The molecule has 2 aromatic rings. The van der Waals surface area contributed by atoms with Crippen LogP contribution >= 0.6 is 0 Å². The van der Waals surface area contributed by atoms with Gasteiger partial charge in [-0.05, 0) is 30.9 Å². The van der Waals surface area contributed by atoms with Crippen LogP contribution in [-0.2, 0) is 19.9 Å². The number of hydrogen-bond acceptors (Lipinski definition) is 2. The van der Waals surface area contributed by atoms with E-state index in [0.29, 0.717) is 12.8 Å². The van der Waals surface area contributed by atoms with Gasteiger partial charge in [-0.15, -0.1) is 0 Å². The van der Waals surface area contributed by atoms with E-state index in [1.54, 1.807) is 10.9 Å². The van der Waals surface area contributed by atoms with Crippen molar-refractivity contribution in [3.8, 4) is 0 Å². The predicted octanol–water partition coefficient (Wildman–Crippen LogP) is 3.03. The molecule has 0 amide bonds. The summed E-state index contributed by atoms with van der Waals surface area (Å²) in [5, 5.41) is 7.40. The van der Waals surface area contributed by atoms with Crippen LogP contribution in [0.25, 0.3) is 0 Å². The van der Waals surface area contributed by atoms with Crippen LogP contribution in [0.15, 0.2) is 30.5 Å². The zero-order valence-corrected chi connectivity index (χ0v) is 11.1. The molecule has 0 radical (unpaired) electrons. The lowest BCUT2D eigenvalue weighted by atomic mass is 10.0. The van der Waals surface area contributed by atoms with Gasteiger partial charge in [0.2, 0.25) is 0 Å². The van der Waals surface area contributed by atoms with Crippen molar-refractivity contribution < 1.29 is 4.39 Å². The highest BCUT2D eigenvalue weighted by Gasteiger charge is 2.20. The second-order valence-electron chi connectivity index (χ2n) is 5.01. The van der Waals surface area contributed by atoms with Crippen molar-refractivity contribution in [3.05, 3.63) is 47.3 Å². The number of aromatic nitrogens is 2. The van der Waals surface area contributed by atoms with Gasteiger partial charge in [0.15, 0.2) is 0 Å². The lowest BCUT2D eigenvalue weighted by Gasteiger charge is -2.13. The first kappa shape index (κ1) is 12.2. The van der Waals surface area contributed by atoms with Gasteiger partial charge >= 0.3 is 0 Å². The van der Waals surface area contributed by atoms with Crippen LogP contribution < -0.4 is 5.32 Å². The maximum atomic E-state index is 14.4. The van der Waals surface area contributed by atoms with Gasteiger partial charge in [-0.25, -0.2) is 4.39 Å². The molecule has 19 heavy (non-hydrogen) atoms. The van der Waals surface area contributed by atoms with E-state index in [0.717, 1.165) is 29.9 Å². The monoisotopic (exact) mass is 259 g/mol. The second-order valence-corrected chi connectivity index (χ2v) is 5.01. The van der Waals surface area contributed by atoms with E-state index in [4.69, 9.17) is 0 Å². The molecule has 0 saturated carbocycles. The van der Waals surface area contributed by atoms with Crippen LogP contribution in [0.1, 0.15) is 29.4 Å². The molecule has 1 aromatic heterocycles. The van der Waals surface area contributed by atoms with Crippen LogP contribution in [0.3, 0.4) is 0 Å². The minimum atomic E-state index is -0.921. The van der Waals surface area contributed by atoms with Crippen molar-refractivity contribution in [3.63, 3.8) is 0 Å². The topological polar surface area (TPSA) is 29.9 Å². The van der Waals surface area contributed by atoms with E-state index in [9.17, 15) is 4.39 Å². The third-order valence-electron chi connectivity index (χ3n) is 3.79. The fourth-order valence-electron chi connectivity index (χ4n) is 2.70. The van der Waals surface area contributed by atoms with Gasteiger partial charge in [-0.1, -0.05) is 18.2 Å². The first-order chi connectivity index (χ1) is 9.25. The molecule has 3 nitrogen and oxygen atoms in total. The van der Waals surface area contributed by atoms with Gasteiger partial charge < -0.3 is 5.32 Å². The van der Waals surface area contributed by atoms with Crippen molar-refractivity contribution in [1.82, 2.24) is 9.78 Å². The maximum Gasteiger partial charge on any atom is 0.127 e. The normalized spacial score (nSPS) is 15.1. The highest BCUT2D eigenvalue weighted by molar-refractivity contribution is 5.61. The molecule has 0 saturated heterocycles. The first-order valence-corrected chi connectivity index (χ1v) is 6.72. The lowest BCUT2D eigenvalue weighted by Crippen LogP contribution is -2.03. The first-order valence-electron chi connectivity index (χ1n) is 6.72. The van der Waals surface area contributed by atoms with E-state index in [1.165, 1.54) is 5.56 Å². The number of benzene rings is 1. The van der Waals surface area contributed by atoms with Crippen LogP contribution in [0.2, 0.25) is 0 Å². The zero-order valence-electron chi connectivity index (χ0n) is 11.1. The molecule has 0 spiro atoms. The maximum absolute atomic E-state index is 14.4. The van der Waals surface area contributed by atoms with E-state index < -0.39 is 6.17 Å². The summed E-state index contributed by atoms with van der Waals surface area (Å²) in [7, 11) is 1.89. The summed E-state index contributed by atoms with van der Waals surface area (Å²) < 4.78 is 16.3.